The molecule has 1 fully saturated rings. The van der Waals surface area contributed by atoms with Crippen LogP contribution in [-0.2, 0) is 9.59 Å². The van der Waals surface area contributed by atoms with Gasteiger partial charge in [0.05, 0.1) is 32.9 Å². The van der Waals surface area contributed by atoms with Crippen molar-refractivity contribution in [2.75, 3.05) is 27.2 Å². The summed E-state index contributed by atoms with van der Waals surface area (Å²) in [5.41, 5.74) is 1.37. The Morgan fingerprint density at radius 3 is 2.50 bits per heavy atom. The molecule has 9 heteroatoms. The number of Topliss-reactive ketones (excluding diaryl/α,β-unsaturated/α-hetero) is 1. The van der Waals surface area contributed by atoms with Crippen molar-refractivity contribution in [3.8, 4) is 0 Å². The monoisotopic (exact) mass is 448 g/mol. The van der Waals surface area contributed by atoms with Gasteiger partial charge in [-0.05, 0) is 45.6 Å². The van der Waals surface area contributed by atoms with Crippen molar-refractivity contribution in [3.05, 3.63) is 62.7 Å². The van der Waals surface area contributed by atoms with Gasteiger partial charge in [-0.3, -0.25) is 9.59 Å². The van der Waals surface area contributed by atoms with E-state index in [2.05, 4.69) is 9.97 Å². The number of ketones is 1. The van der Waals surface area contributed by atoms with Gasteiger partial charge in [-0.1, -0.05) is 29.3 Å². The number of likely N-dealkylation sites (tertiary alicyclic amines) is 1. The molecule has 3 rings (SSSR count). The van der Waals surface area contributed by atoms with E-state index in [1.54, 1.807) is 32.0 Å². The van der Waals surface area contributed by atoms with Gasteiger partial charge in [-0.2, -0.15) is 0 Å². The zero-order chi connectivity index (χ0) is 22.2. The lowest BCUT2D eigenvalue weighted by atomic mass is 9.95. The molecule has 0 unspecified atom stereocenters. The molecule has 0 saturated carbocycles. The van der Waals surface area contributed by atoms with Crippen molar-refractivity contribution in [3.63, 3.8) is 0 Å². The molecule has 0 radical (unpaired) electrons. The van der Waals surface area contributed by atoms with Crippen molar-refractivity contribution >= 4 is 40.7 Å². The minimum absolute atomic E-state index is 0.0206. The molecule has 1 aromatic carbocycles. The largest absolute Gasteiger partial charge is 0.507 e. The average molecular weight is 449 g/mol. The van der Waals surface area contributed by atoms with E-state index < -0.39 is 17.7 Å². The fourth-order valence-electron chi connectivity index (χ4n) is 3.41. The molecule has 1 saturated heterocycles. The number of carbonyl (C=O) groups excluding carboxylic acids is 2. The van der Waals surface area contributed by atoms with Crippen molar-refractivity contribution in [2.45, 2.75) is 19.9 Å². The fraction of sp³-hybridized carbons (Fsp3) is 0.333. The van der Waals surface area contributed by atoms with Crippen molar-refractivity contribution in [2.24, 2.45) is 0 Å². The molecular weight excluding hydrogens is 427 g/mol. The lowest BCUT2D eigenvalue weighted by Crippen LogP contribution is -2.35. The molecule has 2 aromatic rings. The van der Waals surface area contributed by atoms with Crippen molar-refractivity contribution < 1.29 is 14.7 Å². The predicted octanol–water partition coefficient (Wildman–Crippen LogP) is 3.38. The number of aliphatic hydroxyl groups is 1. The maximum Gasteiger partial charge on any atom is 0.295 e. The van der Waals surface area contributed by atoms with Gasteiger partial charge in [-0.25, -0.2) is 9.97 Å². The lowest BCUT2D eigenvalue weighted by molar-refractivity contribution is -0.140. The molecule has 158 valence electrons. The Morgan fingerprint density at radius 1 is 1.20 bits per heavy atom. The first-order valence-electron chi connectivity index (χ1n) is 9.30. The minimum atomic E-state index is -0.805. The highest BCUT2D eigenvalue weighted by Crippen LogP contribution is 2.41. The van der Waals surface area contributed by atoms with E-state index in [1.165, 1.54) is 11.1 Å². The minimum Gasteiger partial charge on any atom is -0.507 e. The summed E-state index contributed by atoms with van der Waals surface area (Å²) >= 11 is 12.3. The molecular formula is C21H22Cl2N4O3. The maximum absolute atomic E-state index is 13.0. The van der Waals surface area contributed by atoms with Gasteiger partial charge < -0.3 is 14.9 Å². The van der Waals surface area contributed by atoms with Crippen LogP contribution in [0.4, 0.5) is 0 Å². The van der Waals surface area contributed by atoms with Crippen LogP contribution in [0.2, 0.25) is 10.0 Å². The first-order valence-corrected chi connectivity index (χ1v) is 10.1. The highest BCUT2D eigenvalue weighted by atomic mass is 35.5. The summed E-state index contributed by atoms with van der Waals surface area (Å²) in [5, 5.41) is 11.7. The van der Waals surface area contributed by atoms with Crippen LogP contribution in [-0.4, -0.2) is 63.7 Å². The Balaban J connectivity index is 2.20. The Labute approximate surface area is 184 Å². The quantitative estimate of drug-likeness (QED) is 0.428. The Morgan fingerprint density at radius 2 is 1.90 bits per heavy atom. The van der Waals surface area contributed by atoms with Gasteiger partial charge in [-0.15, -0.1) is 0 Å². The molecule has 2 heterocycles. The molecule has 1 aliphatic heterocycles. The van der Waals surface area contributed by atoms with Crippen LogP contribution < -0.4 is 0 Å². The number of hydrogen-bond acceptors (Lipinski definition) is 6. The van der Waals surface area contributed by atoms with Crippen molar-refractivity contribution in [1.82, 2.24) is 19.8 Å². The van der Waals surface area contributed by atoms with Gasteiger partial charge in [0.1, 0.15) is 11.6 Å². The third kappa shape index (κ3) is 4.19. The van der Waals surface area contributed by atoms with Crippen LogP contribution in [0.25, 0.3) is 5.76 Å². The number of rotatable bonds is 5. The van der Waals surface area contributed by atoms with E-state index >= 15 is 0 Å². The SMILES string of the molecule is Cc1ncc(C(O)=C2C(=O)C(=O)N(CCN(C)C)[C@@H]2c2ccc(Cl)c(Cl)c2)c(C)n1. The summed E-state index contributed by atoms with van der Waals surface area (Å²) in [6, 6.07) is 4.10. The Bertz CT molecular complexity index is 1050. The number of nitrogens with zero attached hydrogens (tertiary/aromatic N) is 4. The second kappa shape index (κ2) is 8.71. The average Bonchev–Trinajstić information content (AvgIpc) is 2.92. The summed E-state index contributed by atoms with van der Waals surface area (Å²) in [4.78, 5) is 37.5. The van der Waals surface area contributed by atoms with Crippen LogP contribution in [0, 0.1) is 13.8 Å². The normalized spacial score (nSPS) is 18.5. The number of benzene rings is 1. The number of hydrogen-bond donors (Lipinski definition) is 1. The zero-order valence-corrected chi connectivity index (χ0v) is 18.6. The molecule has 1 atom stereocenters. The second-order valence-electron chi connectivity index (χ2n) is 7.39. The smallest absolute Gasteiger partial charge is 0.295 e. The number of aryl methyl sites for hydroxylation is 2. The van der Waals surface area contributed by atoms with E-state index in [0.29, 0.717) is 45.8 Å². The van der Waals surface area contributed by atoms with Crippen LogP contribution >= 0.6 is 23.2 Å². The predicted molar refractivity (Wildman–Crippen MR) is 116 cm³/mol. The lowest BCUT2D eigenvalue weighted by Gasteiger charge is -2.26. The van der Waals surface area contributed by atoms with E-state index in [1.807, 2.05) is 19.0 Å². The van der Waals surface area contributed by atoms with E-state index in [-0.39, 0.29) is 11.3 Å². The summed E-state index contributed by atoms with van der Waals surface area (Å²) in [5.74, 6) is -1.21. The molecule has 1 aliphatic rings. The number of aliphatic hydroxyl groups excluding tert-OH is 1. The van der Waals surface area contributed by atoms with E-state index in [4.69, 9.17) is 23.2 Å². The van der Waals surface area contributed by atoms with Gasteiger partial charge in [0.15, 0.2) is 0 Å². The number of halogens is 2. The number of carbonyl (C=O) groups is 2. The molecule has 1 aromatic heterocycles. The topological polar surface area (TPSA) is 86.6 Å². The molecule has 0 bridgehead atoms. The Kier molecular flexibility index (Phi) is 6.45. The molecule has 7 nitrogen and oxygen atoms in total. The van der Waals surface area contributed by atoms with Gasteiger partial charge in [0.25, 0.3) is 11.7 Å². The van der Waals surface area contributed by atoms with Crippen LogP contribution in [0.5, 0.6) is 0 Å². The molecule has 1 amide bonds. The highest BCUT2D eigenvalue weighted by Gasteiger charge is 2.46. The van der Waals surface area contributed by atoms with Crippen LogP contribution in [0.3, 0.4) is 0 Å². The Hall–Kier alpha value is -2.48. The van der Waals surface area contributed by atoms with Gasteiger partial charge >= 0.3 is 0 Å². The molecule has 0 spiro atoms. The number of amides is 1. The highest BCUT2D eigenvalue weighted by molar-refractivity contribution is 6.46. The second-order valence-corrected chi connectivity index (χ2v) is 8.20. The first kappa shape index (κ1) is 22.2. The maximum atomic E-state index is 13.0. The van der Waals surface area contributed by atoms with Crippen molar-refractivity contribution in [1.29, 1.82) is 0 Å². The van der Waals surface area contributed by atoms with E-state index in [0.717, 1.165) is 0 Å². The zero-order valence-electron chi connectivity index (χ0n) is 17.1. The van der Waals surface area contributed by atoms with Crippen LogP contribution in [0.1, 0.15) is 28.7 Å². The molecule has 30 heavy (non-hydrogen) atoms. The standard InChI is InChI=1S/C21H22Cl2N4O3/c1-11-14(10-24-12(2)25-11)19(28)17-18(13-5-6-15(22)16(23)9-13)27(8-7-26(3)4)21(30)20(17)29/h5-6,9-10,18,28H,7-8H2,1-4H3/t18-/m1/s1. The summed E-state index contributed by atoms with van der Waals surface area (Å²) in [6.07, 6.45) is 1.45. The summed E-state index contributed by atoms with van der Waals surface area (Å²) in [6.45, 7) is 4.27. The number of aromatic nitrogens is 2. The van der Waals surface area contributed by atoms with E-state index in [9.17, 15) is 14.7 Å². The third-order valence-corrected chi connectivity index (χ3v) is 5.68. The molecule has 0 aliphatic carbocycles. The van der Waals surface area contributed by atoms with Gasteiger partial charge in [0, 0.05) is 19.3 Å². The summed E-state index contributed by atoms with van der Waals surface area (Å²) < 4.78 is 0. The van der Waals surface area contributed by atoms with Crippen LogP contribution in [0.15, 0.2) is 30.0 Å². The number of likely N-dealkylation sites (N-methyl/N-ethyl adjacent to an activating group) is 1. The summed E-state index contributed by atoms with van der Waals surface area (Å²) in [7, 11) is 3.75. The third-order valence-electron chi connectivity index (χ3n) is 4.94. The van der Waals surface area contributed by atoms with Gasteiger partial charge in [0.2, 0.25) is 0 Å². The fourth-order valence-corrected chi connectivity index (χ4v) is 3.71. The molecule has 1 N–H and O–H groups in total. The first-order chi connectivity index (χ1) is 14.1.